The number of nitrogens with one attached hydrogen (secondary N) is 1. The van der Waals surface area contributed by atoms with Gasteiger partial charge in [-0.25, -0.2) is 4.79 Å². The van der Waals surface area contributed by atoms with E-state index in [-0.39, 0.29) is 5.97 Å². The molecule has 0 radical (unpaired) electrons. The van der Waals surface area contributed by atoms with Crippen LogP contribution in [0.3, 0.4) is 0 Å². The van der Waals surface area contributed by atoms with E-state index in [9.17, 15) is 4.79 Å². The first-order valence-electron chi connectivity index (χ1n) is 6.47. The maximum absolute atomic E-state index is 11.5. The maximum Gasteiger partial charge on any atom is 0.358 e. The van der Waals surface area contributed by atoms with Crippen LogP contribution in [0.25, 0.3) is 0 Å². The Morgan fingerprint density at radius 3 is 2.79 bits per heavy atom. The molecule has 19 heavy (non-hydrogen) atoms. The summed E-state index contributed by atoms with van der Waals surface area (Å²) in [6.07, 6.45) is 0.816. The maximum atomic E-state index is 11.5. The van der Waals surface area contributed by atoms with Crippen LogP contribution in [-0.4, -0.2) is 22.8 Å². The van der Waals surface area contributed by atoms with Crippen molar-refractivity contribution in [2.45, 2.75) is 26.2 Å². The fraction of sp³-hybridized carbons (Fsp3) is 0.333. The van der Waals surface area contributed by atoms with Crippen LogP contribution in [0.1, 0.15) is 41.5 Å². The average molecular weight is 258 g/mol. The molecule has 4 nitrogen and oxygen atoms in total. The van der Waals surface area contributed by atoms with Gasteiger partial charge in [0.1, 0.15) is 0 Å². The lowest BCUT2D eigenvalue weighted by Gasteiger charge is -2.09. The van der Waals surface area contributed by atoms with Crippen molar-refractivity contribution in [1.29, 1.82) is 0 Å². The van der Waals surface area contributed by atoms with E-state index in [4.69, 9.17) is 4.74 Å². The fourth-order valence-electron chi connectivity index (χ4n) is 2.01. The van der Waals surface area contributed by atoms with Gasteiger partial charge in [-0.15, -0.1) is 0 Å². The summed E-state index contributed by atoms with van der Waals surface area (Å²) >= 11 is 0. The van der Waals surface area contributed by atoms with Gasteiger partial charge in [-0.3, -0.25) is 5.10 Å². The molecule has 1 aromatic heterocycles. The smallest absolute Gasteiger partial charge is 0.358 e. The van der Waals surface area contributed by atoms with Crippen molar-refractivity contribution in [2.24, 2.45) is 0 Å². The molecule has 0 fully saturated rings. The molecule has 2 rings (SSSR count). The zero-order valence-corrected chi connectivity index (χ0v) is 11.2. The topological polar surface area (TPSA) is 55.0 Å². The van der Waals surface area contributed by atoms with Crippen LogP contribution in [0, 0.1) is 0 Å². The van der Waals surface area contributed by atoms with E-state index in [1.54, 1.807) is 13.0 Å². The molecule has 1 atom stereocenters. The van der Waals surface area contributed by atoms with E-state index in [0.29, 0.717) is 18.2 Å². The summed E-state index contributed by atoms with van der Waals surface area (Å²) < 4.78 is 4.91. The van der Waals surface area contributed by atoms with Crippen LogP contribution >= 0.6 is 0 Å². The van der Waals surface area contributed by atoms with Crippen molar-refractivity contribution in [2.75, 3.05) is 6.61 Å². The Labute approximate surface area is 112 Å². The quantitative estimate of drug-likeness (QED) is 0.839. The molecule has 0 spiro atoms. The minimum Gasteiger partial charge on any atom is -0.461 e. The lowest BCUT2D eigenvalue weighted by atomic mass is 9.96. The molecule has 100 valence electrons. The van der Waals surface area contributed by atoms with Crippen molar-refractivity contribution < 1.29 is 9.53 Å². The van der Waals surface area contributed by atoms with E-state index < -0.39 is 0 Å². The molecule has 4 heteroatoms. The van der Waals surface area contributed by atoms with Crippen LogP contribution in [0.2, 0.25) is 0 Å². The summed E-state index contributed by atoms with van der Waals surface area (Å²) in [4.78, 5) is 11.5. The van der Waals surface area contributed by atoms with Gasteiger partial charge in [-0.2, -0.15) is 5.10 Å². The van der Waals surface area contributed by atoms with E-state index >= 15 is 0 Å². The van der Waals surface area contributed by atoms with Crippen LogP contribution in [0.15, 0.2) is 36.4 Å². The number of hydrogen-bond acceptors (Lipinski definition) is 3. The summed E-state index contributed by atoms with van der Waals surface area (Å²) in [5.41, 5.74) is 2.56. The standard InChI is InChI=1S/C15H18N2O2/c1-3-19-15(18)14-10-13(16-17-14)9-11(2)12-7-5-4-6-8-12/h4-8,10-11H,3,9H2,1-2H3,(H,16,17). The van der Waals surface area contributed by atoms with E-state index in [0.717, 1.165) is 12.1 Å². The number of carbonyl (C=O) groups is 1. The van der Waals surface area contributed by atoms with Crippen LogP contribution in [0.4, 0.5) is 0 Å². The van der Waals surface area contributed by atoms with E-state index in [1.807, 2.05) is 18.2 Å². The largest absolute Gasteiger partial charge is 0.461 e. The van der Waals surface area contributed by atoms with Gasteiger partial charge >= 0.3 is 5.97 Å². The second-order valence-corrected chi connectivity index (χ2v) is 4.51. The van der Waals surface area contributed by atoms with Crippen LogP contribution < -0.4 is 0 Å². The van der Waals surface area contributed by atoms with Gasteiger partial charge < -0.3 is 4.74 Å². The highest BCUT2D eigenvalue weighted by atomic mass is 16.5. The Morgan fingerprint density at radius 1 is 1.37 bits per heavy atom. The Bertz CT molecular complexity index is 534. The molecule has 0 aliphatic carbocycles. The molecule has 0 bridgehead atoms. The highest BCUT2D eigenvalue weighted by molar-refractivity contribution is 5.87. The zero-order valence-electron chi connectivity index (χ0n) is 11.2. The predicted molar refractivity (Wildman–Crippen MR) is 73.1 cm³/mol. The first-order valence-corrected chi connectivity index (χ1v) is 6.47. The summed E-state index contributed by atoms with van der Waals surface area (Å²) in [5, 5.41) is 6.88. The van der Waals surface area contributed by atoms with Gasteiger partial charge in [0.05, 0.1) is 6.61 Å². The molecular formula is C15H18N2O2. The van der Waals surface area contributed by atoms with Gasteiger partial charge in [0.25, 0.3) is 0 Å². The van der Waals surface area contributed by atoms with Crippen molar-refractivity contribution in [3.8, 4) is 0 Å². The number of benzene rings is 1. The molecule has 0 aliphatic heterocycles. The number of esters is 1. The molecule has 0 amide bonds. The molecule has 1 N–H and O–H groups in total. The second-order valence-electron chi connectivity index (χ2n) is 4.51. The number of carbonyl (C=O) groups excluding carboxylic acids is 1. The third-order valence-corrected chi connectivity index (χ3v) is 3.01. The Morgan fingerprint density at radius 2 is 2.11 bits per heavy atom. The van der Waals surface area contributed by atoms with Gasteiger partial charge in [0.2, 0.25) is 0 Å². The van der Waals surface area contributed by atoms with Crippen molar-refractivity contribution in [1.82, 2.24) is 10.2 Å². The first-order chi connectivity index (χ1) is 9.20. The van der Waals surface area contributed by atoms with Crippen molar-refractivity contribution >= 4 is 5.97 Å². The van der Waals surface area contributed by atoms with Crippen LogP contribution in [0.5, 0.6) is 0 Å². The van der Waals surface area contributed by atoms with Gasteiger partial charge in [-0.05, 0) is 30.9 Å². The normalized spacial score (nSPS) is 12.1. The van der Waals surface area contributed by atoms with Gasteiger partial charge in [0.15, 0.2) is 5.69 Å². The number of nitrogens with zero attached hydrogens (tertiary/aromatic N) is 1. The number of aromatic nitrogens is 2. The first kappa shape index (κ1) is 13.3. The summed E-state index contributed by atoms with van der Waals surface area (Å²) in [6, 6.07) is 12.0. The molecule has 0 saturated heterocycles. The summed E-state index contributed by atoms with van der Waals surface area (Å²) in [7, 11) is 0. The SMILES string of the molecule is CCOC(=O)c1cc(CC(C)c2ccccc2)[nH]n1. The number of H-pyrrole nitrogens is 1. The lowest BCUT2D eigenvalue weighted by Crippen LogP contribution is -2.04. The molecule has 0 aliphatic rings. The highest BCUT2D eigenvalue weighted by Gasteiger charge is 2.13. The monoisotopic (exact) mass is 258 g/mol. The van der Waals surface area contributed by atoms with E-state index in [1.165, 1.54) is 5.56 Å². The van der Waals surface area contributed by atoms with Crippen molar-refractivity contribution in [3.63, 3.8) is 0 Å². The number of hydrogen-bond donors (Lipinski definition) is 1. The van der Waals surface area contributed by atoms with Crippen molar-refractivity contribution in [3.05, 3.63) is 53.3 Å². The zero-order chi connectivity index (χ0) is 13.7. The Kier molecular flexibility index (Phi) is 4.34. The fourth-order valence-corrected chi connectivity index (χ4v) is 2.01. The number of rotatable bonds is 5. The molecule has 1 aromatic carbocycles. The minimum atomic E-state index is -0.377. The number of ether oxygens (including phenoxy) is 1. The van der Waals surface area contributed by atoms with Gasteiger partial charge in [-0.1, -0.05) is 37.3 Å². The minimum absolute atomic E-state index is 0.345. The molecule has 1 heterocycles. The third kappa shape index (κ3) is 3.44. The van der Waals surface area contributed by atoms with E-state index in [2.05, 4.69) is 29.3 Å². The predicted octanol–water partition coefficient (Wildman–Crippen LogP) is 2.93. The van der Waals surface area contributed by atoms with Gasteiger partial charge in [0, 0.05) is 5.69 Å². The molecular weight excluding hydrogens is 240 g/mol. The Balaban J connectivity index is 2.02. The summed E-state index contributed by atoms with van der Waals surface area (Å²) in [5.74, 6) is -0.00550. The lowest BCUT2D eigenvalue weighted by molar-refractivity contribution is 0.0519. The molecule has 0 saturated carbocycles. The Hall–Kier alpha value is -2.10. The second kappa shape index (κ2) is 6.18. The molecule has 1 unspecified atom stereocenters. The number of aromatic amines is 1. The average Bonchev–Trinajstić information content (AvgIpc) is 2.88. The highest BCUT2D eigenvalue weighted by Crippen LogP contribution is 2.19. The molecule has 2 aromatic rings. The third-order valence-electron chi connectivity index (χ3n) is 3.01. The summed E-state index contributed by atoms with van der Waals surface area (Å²) in [6.45, 7) is 4.30. The van der Waals surface area contributed by atoms with Crippen LogP contribution in [-0.2, 0) is 11.2 Å².